The summed E-state index contributed by atoms with van der Waals surface area (Å²) >= 11 is 0. The Morgan fingerprint density at radius 1 is 1.50 bits per heavy atom. The van der Waals surface area contributed by atoms with Crippen molar-refractivity contribution in [2.24, 2.45) is 5.73 Å². The minimum absolute atomic E-state index is 0.0775. The SMILES string of the molecule is Cc1ccc(C#CC(C)N)cn1. The molecule has 1 rings (SSSR count). The largest absolute Gasteiger partial charge is 0.318 e. The van der Waals surface area contributed by atoms with Crippen LogP contribution in [0.25, 0.3) is 0 Å². The Bertz CT molecular complexity index is 301. The monoisotopic (exact) mass is 160 g/mol. The van der Waals surface area contributed by atoms with E-state index in [1.54, 1.807) is 6.20 Å². The van der Waals surface area contributed by atoms with Crippen molar-refractivity contribution < 1.29 is 0 Å². The van der Waals surface area contributed by atoms with Gasteiger partial charge in [0.25, 0.3) is 0 Å². The molecule has 0 saturated carbocycles. The zero-order valence-electron chi connectivity index (χ0n) is 7.33. The zero-order valence-corrected chi connectivity index (χ0v) is 7.33. The van der Waals surface area contributed by atoms with Crippen molar-refractivity contribution in [3.8, 4) is 11.8 Å². The summed E-state index contributed by atoms with van der Waals surface area (Å²) in [5.41, 5.74) is 7.39. The summed E-state index contributed by atoms with van der Waals surface area (Å²) < 4.78 is 0. The van der Waals surface area contributed by atoms with Gasteiger partial charge >= 0.3 is 0 Å². The van der Waals surface area contributed by atoms with Crippen LogP contribution >= 0.6 is 0 Å². The third-order valence-electron chi connectivity index (χ3n) is 1.36. The molecule has 0 bridgehead atoms. The van der Waals surface area contributed by atoms with E-state index in [0.717, 1.165) is 11.3 Å². The number of rotatable bonds is 0. The van der Waals surface area contributed by atoms with Gasteiger partial charge < -0.3 is 5.73 Å². The van der Waals surface area contributed by atoms with Crippen LogP contribution in [0.15, 0.2) is 18.3 Å². The van der Waals surface area contributed by atoms with Crippen LogP contribution in [-0.4, -0.2) is 11.0 Å². The van der Waals surface area contributed by atoms with Crippen LogP contribution < -0.4 is 5.73 Å². The lowest BCUT2D eigenvalue weighted by Gasteiger charge is -1.92. The standard InChI is InChI=1S/C10H12N2/c1-8(11)3-5-10-6-4-9(2)12-7-10/h4,6-8H,11H2,1-2H3. The predicted molar refractivity (Wildman–Crippen MR) is 49.5 cm³/mol. The Labute approximate surface area is 72.8 Å². The van der Waals surface area contributed by atoms with E-state index in [4.69, 9.17) is 5.73 Å². The first-order chi connectivity index (χ1) is 5.68. The van der Waals surface area contributed by atoms with Gasteiger partial charge in [0.1, 0.15) is 0 Å². The third-order valence-corrected chi connectivity index (χ3v) is 1.36. The van der Waals surface area contributed by atoms with Crippen molar-refractivity contribution in [2.45, 2.75) is 19.9 Å². The number of nitrogens with zero attached hydrogens (tertiary/aromatic N) is 1. The maximum atomic E-state index is 5.48. The normalized spacial score (nSPS) is 11.6. The highest BCUT2D eigenvalue weighted by atomic mass is 14.6. The van der Waals surface area contributed by atoms with E-state index in [2.05, 4.69) is 16.8 Å². The predicted octanol–water partition coefficient (Wildman–Crippen LogP) is 1.09. The fourth-order valence-corrected chi connectivity index (χ4v) is 0.739. The number of pyridine rings is 1. The van der Waals surface area contributed by atoms with E-state index < -0.39 is 0 Å². The molecule has 0 aliphatic rings. The molecule has 0 aliphatic heterocycles. The van der Waals surface area contributed by atoms with Gasteiger partial charge in [-0.25, -0.2) is 0 Å². The summed E-state index contributed by atoms with van der Waals surface area (Å²) in [6.07, 6.45) is 1.75. The van der Waals surface area contributed by atoms with Crippen LogP contribution in [-0.2, 0) is 0 Å². The highest BCUT2D eigenvalue weighted by Gasteiger charge is 1.87. The van der Waals surface area contributed by atoms with Crippen molar-refractivity contribution in [3.63, 3.8) is 0 Å². The van der Waals surface area contributed by atoms with E-state index in [1.165, 1.54) is 0 Å². The molecule has 12 heavy (non-hydrogen) atoms. The molecule has 0 radical (unpaired) electrons. The Morgan fingerprint density at radius 3 is 2.75 bits per heavy atom. The van der Waals surface area contributed by atoms with Gasteiger partial charge in [-0.2, -0.15) is 0 Å². The second-order valence-electron chi connectivity index (χ2n) is 2.75. The highest BCUT2D eigenvalue weighted by molar-refractivity contribution is 5.33. The molecule has 2 N–H and O–H groups in total. The molecule has 0 saturated heterocycles. The Balaban J connectivity index is 2.79. The first-order valence-corrected chi connectivity index (χ1v) is 3.88. The number of aromatic nitrogens is 1. The molecule has 0 amide bonds. The zero-order chi connectivity index (χ0) is 8.97. The van der Waals surface area contributed by atoms with Gasteiger partial charge in [-0.3, -0.25) is 4.98 Å². The molecule has 1 aromatic rings. The summed E-state index contributed by atoms with van der Waals surface area (Å²) in [6.45, 7) is 3.80. The van der Waals surface area contributed by atoms with Crippen molar-refractivity contribution in [3.05, 3.63) is 29.6 Å². The number of nitrogens with two attached hydrogens (primary N) is 1. The second-order valence-corrected chi connectivity index (χ2v) is 2.75. The maximum absolute atomic E-state index is 5.48. The molecule has 1 atom stereocenters. The molecule has 1 unspecified atom stereocenters. The lowest BCUT2D eigenvalue weighted by molar-refractivity contribution is 0.959. The summed E-state index contributed by atoms with van der Waals surface area (Å²) in [7, 11) is 0. The summed E-state index contributed by atoms with van der Waals surface area (Å²) in [4.78, 5) is 4.11. The van der Waals surface area contributed by atoms with Gasteiger partial charge in [-0.1, -0.05) is 11.8 Å². The van der Waals surface area contributed by atoms with Crippen LogP contribution in [0.4, 0.5) is 0 Å². The van der Waals surface area contributed by atoms with Gasteiger partial charge in [-0.15, -0.1) is 0 Å². The van der Waals surface area contributed by atoms with E-state index in [0.29, 0.717) is 0 Å². The molecule has 0 aromatic carbocycles. The first kappa shape index (κ1) is 8.76. The van der Waals surface area contributed by atoms with Crippen LogP contribution in [0.2, 0.25) is 0 Å². The smallest absolute Gasteiger partial charge is 0.0639 e. The van der Waals surface area contributed by atoms with E-state index >= 15 is 0 Å². The Morgan fingerprint density at radius 2 is 2.25 bits per heavy atom. The summed E-state index contributed by atoms with van der Waals surface area (Å²) in [6, 6.07) is 3.80. The lowest BCUT2D eigenvalue weighted by atomic mass is 10.2. The molecule has 0 spiro atoms. The molecule has 2 nitrogen and oxygen atoms in total. The van der Waals surface area contributed by atoms with Gasteiger partial charge in [0.15, 0.2) is 0 Å². The van der Waals surface area contributed by atoms with Crippen molar-refractivity contribution in [2.75, 3.05) is 0 Å². The van der Waals surface area contributed by atoms with E-state index in [-0.39, 0.29) is 6.04 Å². The molecule has 2 heteroatoms. The third kappa shape index (κ3) is 2.73. The molecule has 1 heterocycles. The average Bonchev–Trinajstić information content (AvgIpc) is 2.03. The molecular formula is C10H12N2. The number of hydrogen-bond acceptors (Lipinski definition) is 2. The van der Waals surface area contributed by atoms with E-state index in [9.17, 15) is 0 Å². The molecule has 0 aliphatic carbocycles. The lowest BCUT2D eigenvalue weighted by Crippen LogP contribution is -2.10. The number of hydrogen-bond donors (Lipinski definition) is 1. The topological polar surface area (TPSA) is 38.9 Å². The highest BCUT2D eigenvalue weighted by Crippen LogP contribution is 1.96. The van der Waals surface area contributed by atoms with Crippen LogP contribution in [0.5, 0.6) is 0 Å². The van der Waals surface area contributed by atoms with Crippen LogP contribution in [0.3, 0.4) is 0 Å². The maximum Gasteiger partial charge on any atom is 0.0639 e. The van der Waals surface area contributed by atoms with Crippen molar-refractivity contribution >= 4 is 0 Å². The minimum Gasteiger partial charge on any atom is -0.318 e. The minimum atomic E-state index is -0.0775. The fourth-order valence-electron chi connectivity index (χ4n) is 0.739. The van der Waals surface area contributed by atoms with E-state index in [1.807, 2.05) is 26.0 Å². The van der Waals surface area contributed by atoms with Gasteiger partial charge in [0, 0.05) is 17.5 Å². The number of aryl methyl sites for hydroxylation is 1. The van der Waals surface area contributed by atoms with Crippen molar-refractivity contribution in [1.82, 2.24) is 4.98 Å². The summed E-state index contributed by atoms with van der Waals surface area (Å²) in [5.74, 6) is 5.80. The van der Waals surface area contributed by atoms with Gasteiger partial charge in [0.05, 0.1) is 6.04 Å². The molecule has 1 aromatic heterocycles. The second kappa shape index (κ2) is 3.89. The summed E-state index contributed by atoms with van der Waals surface area (Å²) in [5, 5.41) is 0. The quantitative estimate of drug-likeness (QED) is 0.577. The molecule has 62 valence electrons. The van der Waals surface area contributed by atoms with Crippen molar-refractivity contribution in [1.29, 1.82) is 0 Å². The Hall–Kier alpha value is -1.33. The fraction of sp³-hybridized carbons (Fsp3) is 0.300. The average molecular weight is 160 g/mol. The van der Waals surface area contributed by atoms with Crippen LogP contribution in [0.1, 0.15) is 18.2 Å². The molecular weight excluding hydrogens is 148 g/mol. The van der Waals surface area contributed by atoms with Crippen LogP contribution in [0, 0.1) is 18.8 Å². The first-order valence-electron chi connectivity index (χ1n) is 3.88. The molecule has 0 fully saturated rings. The van der Waals surface area contributed by atoms with Gasteiger partial charge in [0.2, 0.25) is 0 Å². The Kier molecular flexibility index (Phi) is 2.84. The van der Waals surface area contributed by atoms with Gasteiger partial charge in [-0.05, 0) is 26.0 Å².